The fraction of sp³-hybridized carbons (Fsp3) is 0.409. The quantitative estimate of drug-likeness (QED) is 0.680. The van der Waals surface area contributed by atoms with Crippen LogP contribution in [0.2, 0.25) is 0 Å². The number of pyridine rings is 2. The van der Waals surface area contributed by atoms with Crippen molar-refractivity contribution in [1.29, 1.82) is 5.53 Å². The van der Waals surface area contributed by atoms with Crippen molar-refractivity contribution >= 4 is 11.6 Å². The molecule has 0 saturated heterocycles. The van der Waals surface area contributed by atoms with Crippen molar-refractivity contribution in [2.24, 2.45) is 11.0 Å². The van der Waals surface area contributed by atoms with Crippen LogP contribution in [0, 0.1) is 18.4 Å². The van der Waals surface area contributed by atoms with Crippen molar-refractivity contribution in [3.8, 4) is 5.88 Å². The van der Waals surface area contributed by atoms with Crippen LogP contribution in [0.15, 0.2) is 47.1 Å². The molecule has 156 valence electrons. The van der Waals surface area contributed by atoms with E-state index in [-0.39, 0.29) is 18.4 Å². The van der Waals surface area contributed by atoms with E-state index in [1.54, 1.807) is 19.3 Å². The number of aryl methyl sites for hydroxylation is 1. The number of allylic oxidation sites excluding steroid dienone is 1. The van der Waals surface area contributed by atoms with Gasteiger partial charge >= 0.3 is 0 Å². The van der Waals surface area contributed by atoms with Crippen molar-refractivity contribution in [3.05, 3.63) is 58.8 Å². The summed E-state index contributed by atoms with van der Waals surface area (Å²) in [5.74, 6) is 1.05. The summed E-state index contributed by atoms with van der Waals surface area (Å²) in [6.45, 7) is 5.26. The number of hydrogen-bond donors (Lipinski definition) is 2. The predicted molar refractivity (Wildman–Crippen MR) is 112 cm³/mol. The van der Waals surface area contributed by atoms with E-state index in [1.807, 2.05) is 30.0 Å². The van der Waals surface area contributed by atoms with Crippen LogP contribution < -0.4 is 10.1 Å². The molecule has 1 amide bonds. The van der Waals surface area contributed by atoms with Gasteiger partial charge in [-0.1, -0.05) is 0 Å². The minimum absolute atomic E-state index is 0.208. The molecule has 4 rings (SSSR count). The monoisotopic (exact) mass is 406 g/mol. The third-order valence-electron chi connectivity index (χ3n) is 5.48. The number of rotatable bonds is 7. The number of nitrogens with zero attached hydrogens (tertiary/aromatic N) is 4. The second kappa shape index (κ2) is 8.61. The molecule has 1 saturated carbocycles. The Labute approximate surface area is 175 Å². The number of amides is 1. The number of aromatic nitrogens is 2. The lowest BCUT2D eigenvalue weighted by Gasteiger charge is -2.29. The average molecular weight is 406 g/mol. The number of anilines is 1. The number of hydrogen-bond acceptors (Lipinski definition) is 7. The molecule has 1 fully saturated rings. The lowest BCUT2D eigenvalue weighted by Crippen LogP contribution is -2.37. The molecular formula is C22H26N6O2. The molecule has 0 unspecified atom stereocenters. The maximum Gasteiger partial charge on any atom is 0.225 e. The summed E-state index contributed by atoms with van der Waals surface area (Å²) in [6.07, 6.45) is 6.40. The molecule has 0 aromatic carbocycles. The zero-order valence-electron chi connectivity index (χ0n) is 17.3. The van der Waals surface area contributed by atoms with Crippen LogP contribution in [-0.4, -0.2) is 33.9 Å². The second-order valence-electron chi connectivity index (χ2n) is 7.85. The molecule has 1 aliphatic carbocycles. The van der Waals surface area contributed by atoms with Crippen molar-refractivity contribution in [2.75, 3.05) is 18.5 Å². The van der Waals surface area contributed by atoms with Crippen LogP contribution >= 0.6 is 0 Å². The maximum atomic E-state index is 12.3. The molecular weight excluding hydrogens is 380 g/mol. The summed E-state index contributed by atoms with van der Waals surface area (Å²) < 4.78 is 5.90. The Morgan fingerprint density at radius 3 is 2.83 bits per heavy atom. The number of carbonyl (C=O) groups is 1. The fourth-order valence-corrected chi connectivity index (χ4v) is 3.43. The van der Waals surface area contributed by atoms with Crippen LogP contribution in [-0.2, 0) is 17.8 Å². The normalized spacial score (nSPS) is 16.4. The highest BCUT2D eigenvalue weighted by molar-refractivity contribution is 5.81. The standard InChI is InChI=1S/C22H26N6O2/c1-14-3-6-19(11-24-14)26-20(15(2)27-23)13-30-21-9-17-7-8-28(12-18(17)10-25-21)22(29)16-4-5-16/h3,6,9-11,16,23,26H,4-5,7-8,12-13H2,1-2H3/b20-15-,27-23?. The smallest absolute Gasteiger partial charge is 0.225 e. The molecule has 1 aliphatic heterocycles. The zero-order valence-corrected chi connectivity index (χ0v) is 17.3. The van der Waals surface area contributed by atoms with Gasteiger partial charge in [0.2, 0.25) is 11.8 Å². The highest BCUT2D eigenvalue weighted by Crippen LogP contribution is 2.33. The van der Waals surface area contributed by atoms with Gasteiger partial charge in [-0.3, -0.25) is 9.78 Å². The van der Waals surface area contributed by atoms with Gasteiger partial charge in [0.25, 0.3) is 0 Å². The Balaban J connectivity index is 1.41. The third-order valence-corrected chi connectivity index (χ3v) is 5.48. The van der Waals surface area contributed by atoms with Crippen LogP contribution in [0.1, 0.15) is 36.6 Å². The van der Waals surface area contributed by atoms with Crippen molar-refractivity contribution in [2.45, 2.75) is 39.7 Å². The van der Waals surface area contributed by atoms with Crippen LogP contribution in [0.25, 0.3) is 0 Å². The van der Waals surface area contributed by atoms with Crippen LogP contribution in [0.3, 0.4) is 0 Å². The molecule has 8 nitrogen and oxygen atoms in total. The Morgan fingerprint density at radius 2 is 2.13 bits per heavy atom. The van der Waals surface area contributed by atoms with Gasteiger partial charge in [0.05, 0.1) is 23.3 Å². The van der Waals surface area contributed by atoms with Gasteiger partial charge in [-0.2, -0.15) is 5.11 Å². The van der Waals surface area contributed by atoms with E-state index in [2.05, 4.69) is 20.4 Å². The van der Waals surface area contributed by atoms with Gasteiger partial charge in [0.15, 0.2) is 0 Å². The number of ether oxygens (including phenoxy) is 1. The minimum atomic E-state index is 0.208. The van der Waals surface area contributed by atoms with Gasteiger partial charge in [-0.25, -0.2) is 10.5 Å². The summed E-state index contributed by atoms with van der Waals surface area (Å²) in [5, 5.41) is 6.77. The predicted octanol–water partition coefficient (Wildman–Crippen LogP) is 3.83. The first-order chi connectivity index (χ1) is 14.5. The third kappa shape index (κ3) is 4.64. The molecule has 30 heavy (non-hydrogen) atoms. The van der Waals surface area contributed by atoms with Crippen LogP contribution in [0.5, 0.6) is 5.88 Å². The van der Waals surface area contributed by atoms with Gasteiger partial charge in [-0.05, 0) is 56.4 Å². The van der Waals surface area contributed by atoms with E-state index in [9.17, 15) is 4.79 Å². The topological polar surface area (TPSA) is 104 Å². The lowest BCUT2D eigenvalue weighted by atomic mass is 10.0. The number of nitrogens with one attached hydrogen (secondary N) is 2. The zero-order chi connectivity index (χ0) is 21.1. The van der Waals surface area contributed by atoms with Crippen molar-refractivity contribution in [1.82, 2.24) is 14.9 Å². The Kier molecular flexibility index (Phi) is 5.74. The SMILES string of the molecule is C/C(N=N)=C(\COc1cc2c(cn1)CN(C(=O)C1CC1)CC2)Nc1ccc(C)nc1. The minimum Gasteiger partial charge on any atom is -0.471 e. The first-order valence-corrected chi connectivity index (χ1v) is 10.2. The van der Waals surface area contributed by atoms with Gasteiger partial charge in [-0.15, -0.1) is 0 Å². The van der Waals surface area contributed by atoms with Crippen molar-refractivity contribution in [3.63, 3.8) is 0 Å². The van der Waals surface area contributed by atoms with E-state index >= 15 is 0 Å². The van der Waals surface area contributed by atoms with Gasteiger partial charge in [0.1, 0.15) is 6.61 Å². The molecule has 2 aliphatic rings. The van der Waals surface area contributed by atoms with E-state index in [1.165, 1.54) is 5.56 Å². The molecule has 0 radical (unpaired) electrons. The Morgan fingerprint density at radius 1 is 1.30 bits per heavy atom. The number of carbonyl (C=O) groups excluding carboxylic acids is 1. The molecule has 0 spiro atoms. The second-order valence-corrected chi connectivity index (χ2v) is 7.85. The maximum absolute atomic E-state index is 12.3. The molecule has 0 atom stereocenters. The van der Waals surface area contributed by atoms with E-state index in [0.717, 1.165) is 42.8 Å². The number of fused-ring (bicyclic) bond motifs is 1. The lowest BCUT2D eigenvalue weighted by molar-refractivity contribution is -0.133. The van der Waals surface area contributed by atoms with E-state index in [4.69, 9.17) is 10.3 Å². The van der Waals surface area contributed by atoms with Crippen molar-refractivity contribution < 1.29 is 9.53 Å². The first kappa shape index (κ1) is 20.0. The van der Waals surface area contributed by atoms with E-state index < -0.39 is 0 Å². The Hall–Kier alpha value is -3.29. The highest BCUT2D eigenvalue weighted by Gasteiger charge is 2.34. The molecule has 0 bridgehead atoms. The van der Waals surface area contributed by atoms with Gasteiger partial charge in [0, 0.05) is 37.0 Å². The molecule has 2 aromatic heterocycles. The summed E-state index contributed by atoms with van der Waals surface area (Å²) in [5.41, 5.74) is 12.5. The average Bonchev–Trinajstić information content (AvgIpc) is 3.62. The fourth-order valence-electron chi connectivity index (χ4n) is 3.43. The summed E-state index contributed by atoms with van der Waals surface area (Å²) >= 11 is 0. The molecule has 2 aromatic rings. The highest BCUT2D eigenvalue weighted by atomic mass is 16.5. The summed E-state index contributed by atoms with van der Waals surface area (Å²) in [7, 11) is 0. The molecule has 2 N–H and O–H groups in total. The largest absolute Gasteiger partial charge is 0.471 e. The summed E-state index contributed by atoms with van der Waals surface area (Å²) in [6, 6.07) is 5.79. The molecule has 8 heteroatoms. The Bertz CT molecular complexity index is 982. The van der Waals surface area contributed by atoms with E-state index in [0.29, 0.717) is 23.8 Å². The van der Waals surface area contributed by atoms with Gasteiger partial charge < -0.3 is 15.0 Å². The molecule has 3 heterocycles. The summed E-state index contributed by atoms with van der Waals surface area (Å²) in [4.78, 5) is 23.0. The first-order valence-electron chi connectivity index (χ1n) is 10.2. The van der Waals surface area contributed by atoms with Crippen LogP contribution in [0.4, 0.5) is 5.69 Å².